The number of anilines is 2. The number of hydrogen-bond donors (Lipinski definition) is 1. The van der Waals surface area contributed by atoms with Gasteiger partial charge >= 0.3 is 0 Å². The number of benzene rings is 1. The molecule has 0 aliphatic heterocycles. The molecule has 1 aromatic carbocycles. The number of aromatic nitrogens is 1. The van der Waals surface area contributed by atoms with Gasteiger partial charge in [-0.05, 0) is 59.1 Å². The first-order valence-electron chi connectivity index (χ1n) is 5.21. The fourth-order valence-electron chi connectivity index (χ4n) is 1.53. The first-order chi connectivity index (χ1) is 8.06. The van der Waals surface area contributed by atoms with E-state index < -0.39 is 0 Å². The third kappa shape index (κ3) is 3.07. The molecule has 0 saturated carbocycles. The van der Waals surface area contributed by atoms with Gasteiger partial charge in [0.1, 0.15) is 5.82 Å². The molecule has 0 spiro atoms. The highest BCUT2D eigenvalue weighted by Gasteiger charge is 2.04. The lowest BCUT2D eigenvalue weighted by Crippen LogP contribution is -1.98. The largest absolute Gasteiger partial charge is 0.340 e. The van der Waals surface area contributed by atoms with Crippen LogP contribution in [0.3, 0.4) is 0 Å². The topological polar surface area (TPSA) is 24.9 Å². The molecule has 0 atom stereocenters. The van der Waals surface area contributed by atoms with Gasteiger partial charge in [-0.25, -0.2) is 4.98 Å². The maximum absolute atomic E-state index is 4.37. The lowest BCUT2D eigenvalue weighted by molar-refractivity contribution is 1.23. The minimum atomic E-state index is 0.884. The second-order valence-corrected chi connectivity index (χ2v) is 5.73. The number of pyridine rings is 1. The molecule has 0 amide bonds. The van der Waals surface area contributed by atoms with Crippen LogP contribution in [0.25, 0.3) is 0 Å². The molecule has 1 N–H and O–H groups in total. The third-order valence-electron chi connectivity index (χ3n) is 2.50. The van der Waals surface area contributed by atoms with E-state index in [1.54, 1.807) is 6.20 Å². The molecule has 0 radical (unpaired) electrons. The van der Waals surface area contributed by atoms with Crippen LogP contribution in [0.4, 0.5) is 11.5 Å². The van der Waals surface area contributed by atoms with Crippen LogP contribution in [0.2, 0.25) is 0 Å². The van der Waals surface area contributed by atoms with Crippen molar-refractivity contribution in [3.05, 3.63) is 50.5 Å². The average Bonchev–Trinajstić information content (AvgIpc) is 2.27. The van der Waals surface area contributed by atoms with Crippen molar-refractivity contribution < 1.29 is 0 Å². The Balaban J connectivity index is 2.34. The Morgan fingerprint density at radius 1 is 1.00 bits per heavy atom. The fraction of sp³-hybridized carbons (Fsp3) is 0.154. The van der Waals surface area contributed by atoms with Gasteiger partial charge in [-0.3, -0.25) is 0 Å². The molecular weight excluding hydrogens is 344 g/mol. The first kappa shape index (κ1) is 12.6. The lowest BCUT2D eigenvalue weighted by atomic mass is 10.2. The molecule has 2 nitrogen and oxygen atoms in total. The summed E-state index contributed by atoms with van der Waals surface area (Å²) < 4.78 is 2.05. The Kier molecular flexibility index (Phi) is 3.84. The van der Waals surface area contributed by atoms with Crippen molar-refractivity contribution in [3.63, 3.8) is 0 Å². The second-order valence-electron chi connectivity index (χ2n) is 3.90. The summed E-state index contributed by atoms with van der Waals surface area (Å²) in [5, 5.41) is 3.35. The molecule has 0 fully saturated rings. The van der Waals surface area contributed by atoms with Crippen molar-refractivity contribution in [2.75, 3.05) is 5.32 Å². The van der Waals surface area contributed by atoms with Crippen molar-refractivity contribution in [1.29, 1.82) is 0 Å². The van der Waals surface area contributed by atoms with Crippen molar-refractivity contribution >= 4 is 43.4 Å². The molecule has 1 aromatic heterocycles. The van der Waals surface area contributed by atoms with E-state index in [0.29, 0.717) is 0 Å². The fourth-order valence-corrected chi connectivity index (χ4v) is 2.33. The van der Waals surface area contributed by atoms with Gasteiger partial charge in [0, 0.05) is 20.8 Å². The Labute approximate surface area is 118 Å². The molecule has 2 aromatic rings. The zero-order chi connectivity index (χ0) is 12.4. The number of nitrogens with zero attached hydrogens (tertiary/aromatic N) is 1. The van der Waals surface area contributed by atoms with Crippen LogP contribution < -0.4 is 5.32 Å². The number of aryl methyl sites for hydroxylation is 2. The number of hydrogen-bond acceptors (Lipinski definition) is 2. The monoisotopic (exact) mass is 354 g/mol. The van der Waals surface area contributed by atoms with Crippen LogP contribution in [0, 0.1) is 13.8 Å². The normalized spacial score (nSPS) is 10.4. The summed E-state index contributed by atoms with van der Waals surface area (Å²) in [6.45, 7) is 4.11. The van der Waals surface area contributed by atoms with Gasteiger partial charge in [-0.2, -0.15) is 0 Å². The van der Waals surface area contributed by atoms with Crippen molar-refractivity contribution in [2.24, 2.45) is 0 Å². The number of halogens is 2. The van der Waals surface area contributed by atoms with Gasteiger partial charge in [-0.15, -0.1) is 0 Å². The van der Waals surface area contributed by atoms with E-state index >= 15 is 0 Å². The maximum Gasteiger partial charge on any atom is 0.133 e. The van der Waals surface area contributed by atoms with Crippen LogP contribution in [-0.2, 0) is 0 Å². The summed E-state index contributed by atoms with van der Waals surface area (Å²) in [5.74, 6) is 0.884. The quantitative estimate of drug-likeness (QED) is 0.822. The Morgan fingerprint density at radius 3 is 2.47 bits per heavy atom. The molecule has 0 bridgehead atoms. The molecule has 4 heteroatoms. The van der Waals surface area contributed by atoms with Crippen LogP contribution in [0.5, 0.6) is 0 Å². The van der Waals surface area contributed by atoms with E-state index in [1.807, 2.05) is 19.1 Å². The molecule has 0 aliphatic carbocycles. The Hall–Kier alpha value is -0.870. The van der Waals surface area contributed by atoms with E-state index in [9.17, 15) is 0 Å². The van der Waals surface area contributed by atoms with Crippen molar-refractivity contribution in [3.8, 4) is 0 Å². The van der Waals surface area contributed by atoms with Crippen LogP contribution in [-0.4, -0.2) is 4.98 Å². The standard InChI is InChI=1S/C13H12Br2N2/c1-8-3-4-10(14)6-12(8)17-13-9(2)5-11(15)7-16-13/h3-7H,1-2H3,(H,16,17). The van der Waals surface area contributed by atoms with Crippen molar-refractivity contribution in [2.45, 2.75) is 13.8 Å². The lowest BCUT2D eigenvalue weighted by Gasteiger charge is -2.11. The Bertz CT molecular complexity index is 553. The van der Waals surface area contributed by atoms with Gasteiger partial charge in [0.25, 0.3) is 0 Å². The molecule has 2 rings (SSSR count). The first-order valence-corrected chi connectivity index (χ1v) is 6.80. The van der Waals surface area contributed by atoms with Crippen LogP contribution in [0.15, 0.2) is 39.4 Å². The zero-order valence-electron chi connectivity index (χ0n) is 9.59. The van der Waals surface area contributed by atoms with Crippen LogP contribution in [0.1, 0.15) is 11.1 Å². The number of rotatable bonds is 2. The highest BCUT2D eigenvalue weighted by molar-refractivity contribution is 9.10. The summed E-state index contributed by atoms with van der Waals surface area (Å²) in [5.41, 5.74) is 3.37. The summed E-state index contributed by atoms with van der Waals surface area (Å²) in [7, 11) is 0. The minimum absolute atomic E-state index is 0.884. The van der Waals surface area contributed by atoms with Crippen molar-refractivity contribution in [1.82, 2.24) is 4.98 Å². The molecule has 0 unspecified atom stereocenters. The van der Waals surface area contributed by atoms with E-state index in [2.05, 4.69) is 61.2 Å². The van der Waals surface area contributed by atoms with E-state index in [-0.39, 0.29) is 0 Å². The molecule has 0 aliphatic rings. The minimum Gasteiger partial charge on any atom is -0.340 e. The average molecular weight is 356 g/mol. The third-order valence-corrected chi connectivity index (χ3v) is 3.42. The molecule has 1 heterocycles. The summed E-state index contributed by atoms with van der Waals surface area (Å²) >= 11 is 6.88. The molecule has 88 valence electrons. The highest BCUT2D eigenvalue weighted by Crippen LogP contribution is 2.26. The molecule has 17 heavy (non-hydrogen) atoms. The van der Waals surface area contributed by atoms with Gasteiger partial charge in [0.05, 0.1) is 0 Å². The Morgan fingerprint density at radius 2 is 1.76 bits per heavy atom. The number of nitrogens with one attached hydrogen (secondary N) is 1. The van der Waals surface area contributed by atoms with Gasteiger partial charge < -0.3 is 5.32 Å². The molecular formula is C13H12Br2N2. The predicted octanol–water partition coefficient (Wildman–Crippen LogP) is 4.97. The van der Waals surface area contributed by atoms with Gasteiger partial charge in [0.2, 0.25) is 0 Å². The SMILES string of the molecule is Cc1ccc(Br)cc1Nc1ncc(Br)cc1C. The smallest absolute Gasteiger partial charge is 0.133 e. The van der Waals surface area contributed by atoms with Gasteiger partial charge in [0.15, 0.2) is 0 Å². The zero-order valence-corrected chi connectivity index (χ0v) is 12.8. The van der Waals surface area contributed by atoms with Crippen LogP contribution >= 0.6 is 31.9 Å². The summed E-state index contributed by atoms with van der Waals surface area (Å²) in [6, 6.07) is 8.20. The summed E-state index contributed by atoms with van der Waals surface area (Å²) in [4.78, 5) is 4.37. The van der Waals surface area contributed by atoms with Gasteiger partial charge in [-0.1, -0.05) is 22.0 Å². The highest BCUT2D eigenvalue weighted by atomic mass is 79.9. The summed E-state index contributed by atoms with van der Waals surface area (Å²) in [6.07, 6.45) is 1.79. The predicted molar refractivity (Wildman–Crippen MR) is 78.8 cm³/mol. The van der Waals surface area contributed by atoms with E-state index in [4.69, 9.17) is 0 Å². The molecule has 0 saturated heterocycles. The maximum atomic E-state index is 4.37. The van der Waals surface area contributed by atoms with E-state index in [0.717, 1.165) is 26.0 Å². The van der Waals surface area contributed by atoms with E-state index in [1.165, 1.54) is 5.56 Å². The second kappa shape index (κ2) is 5.19.